The topological polar surface area (TPSA) is 44.4 Å². The summed E-state index contributed by atoms with van der Waals surface area (Å²) in [7, 11) is 0. The molecule has 7 heteroatoms. The quantitative estimate of drug-likeness (QED) is 0.612. The summed E-state index contributed by atoms with van der Waals surface area (Å²) in [5.74, 6) is -1.12. The molecule has 0 atom stereocenters. The summed E-state index contributed by atoms with van der Waals surface area (Å²) in [5, 5.41) is 6.21. The predicted octanol–water partition coefficient (Wildman–Crippen LogP) is 5.63. The molecule has 1 fully saturated rings. The smallest absolute Gasteiger partial charge is 0.372 e. The van der Waals surface area contributed by atoms with Crippen molar-refractivity contribution in [3.05, 3.63) is 54.1 Å². The standard InChI is InChI=1S/C23H28F3N3O/c1-2-3-22(30)27-16-17-4-6-19(7-5-17)28-20-8-10-21(11-9-20)29-14-12-18(13-15-29)23(24,25)26/h4-11,18,28H,2-3,12-16H2,1H3,(H,27,30). The molecule has 0 saturated carbocycles. The fourth-order valence-corrected chi connectivity index (χ4v) is 3.61. The minimum atomic E-state index is -4.09. The molecule has 2 aromatic carbocycles. The number of anilines is 3. The summed E-state index contributed by atoms with van der Waals surface area (Å²) in [6.07, 6.45) is -2.42. The molecular weight excluding hydrogens is 391 g/mol. The summed E-state index contributed by atoms with van der Waals surface area (Å²) in [6.45, 7) is 3.33. The third-order valence-electron chi connectivity index (χ3n) is 5.40. The van der Waals surface area contributed by atoms with Crippen LogP contribution >= 0.6 is 0 Å². The number of piperidine rings is 1. The van der Waals surface area contributed by atoms with Crippen LogP contribution in [0.25, 0.3) is 0 Å². The maximum absolute atomic E-state index is 12.8. The number of benzene rings is 2. The minimum absolute atomic E-state index is 0.0578. The van der Waals surface area contributed by atoms with Crippen molar-refractivity contribution in [2.75, 3.05) is 23.3 Å². The molecule has 4 nitrogen and oxygen atoms in total. The molecule has 162 valence electrons. The van der Waals surface area contributed by atoms with E-state index >= 15 is 0 Å². The zero-order valence-electron chi connectivity index (χ0n) is 17.1. The maximum Gasteiger partial charge on any atom is 0.391 e. The van der Waals surface area contributed by atoms with Crippen molar-refractivity contribution in [1.29, 1.82) is 0 Å². The molecule has 1 aliphatic rings. The lowest BCUT2D eigenvalue weighted by Gasteiger charge is -2.34. The van der Waals surface area contributed by atoms with E-state index in [1.54, 1.807) is 0 Å². The van der Waals surface area contributed by atoms with Gasteiger partial charge in [-0.2, -0.15) is 13.2 Å². The Morgan fingerprint density at radius 2 is 1.57 bits per heavy atom. The van der Waals surface area contributed by atoms with Crippen LogP contribution < -0.4 is 15.5 Å². The molecule has 1 saturated heterocycles. The number of hydrogen-bond donors (Lipinski definition) is 2. The molecule has 0 radical (unpaired) electrons. The molecule has 1 amide bonds. The Bertz CT molecular complexity index is 811. The van der Waals surface area contributed by atoms with Crippen LogP contribution in [0.1, 0.15) is 38.2 Å². The molecule has 2 aromatic rings. The fourth-order valence-electron chi connectivity index (χ4n) is 3.61. The first-order valence-corrected chi connectivity index (χ1v) is 10.4. The van der Waals surface area contributed by atoms with Crippen LogP contribution in [0.3, 0.4) is 0 Å². The summed E-state index contributed by atoms with van der Waals surface area (Å²) < 4.78 is 38.5. The van der Waals surface area contributed by atoms with E-state index in [-0.39, 0.29) is 18.7 Å². The number of halogens is 3. The van der Waals surface area contributed by atoms with Crippen LogP contribution in [0.2, 0.25) is 0 Å². The molecule has 0 aromatic heterocycles. The molecule has 1 aliphatic heterocycles. The minimum Gasteiger partial charge on any atom is -0.372 e. The number of hydrogen-bond acceptors (Lipinski definition) is 3. The third-order valence-corrected chi connectivity index (χ3v) is 5.40. The van der Waals surface area contributed by atoms with Crippen LogP contribution in [0.4, 0.5) is 30.2 Å². The van der Waals surface area contributed by atoms with Crippen molar-refractivity contribution >= 4 is 23.0 Å². The monoisotopic (exact) mass is 419 g/mol. The first-order chi connectivity index (χ1) is 14.3. The lowest BCUT2D eigenvalue weighted by Crippen LogP contribution is -2.38. The van der Waals surface area contributed by atoms with Gasteiger partial charge in [0, 0.05) is 43.1 Å². The van der Waals surface area contributed by atoms with Crippen LogP contribution in [0.5, 0.6) is 0 Å². The van der Waals surface area contributed by atoms with Gasteiger partial charge in [-0.25, -0.2) is 0 Å². The van der Waals surface area contributed by atoms with Crippen molar-refractivity contribution in [2.24, 2.45) is 5.92 Å². The second-order valence-corrected chi connectivity index (χ2v) is 7.70. The van der Waals surface area contributed by atoms with Crippen molar-refractivity contribution < 1.29 is 18.0 Å². The maximum atomic E-state index is 12.8. The molecule has 0 bridgehead atoms. The zero-order valence-corrected chi connectivity index (χ0v) is 17.1. The Hall–Kier alpha value is -2.70. The van der Waals surface area contributed by atoms with Gasteiger partial charge in [0.15, 0.2) is 0 Å². The number of rotatable bonds is 7. The van der Waals surface area contributed by atoms with Crippen LogP contribution in [-0.4, -0.2) is 25.2 Å². The Labute approximate surface area is 175 Å². The lowest BCUT2D eigenvalue weighted by atomic mass is 9.96. The number of carbonyl (C=O) groups excluding carboxylic acids is 1. The Kier molecular flexibility index (Phi) is 7.24. The van der Waals surface area contributed by atoms with E-state index in [4.69, 9.17) is 0 Å². The summed E-state index contributed by atoms with van der Waals surface area (Å²) in [5.41, 5.74) is 3.81. The van der Waals surface area contributed by atoms with Gasteiger partial charge < -0.3 is 15.5 Å². The highest BCUT2D eigenvalue weighted by Gasteiger charge is 2.41. The van der Waals surface area contributed by atoms with Gasteiger partial charge in [0.05, 0.1) is 5.92 Å². The average molecular weight is 419 g/mol. The molecule has 3 rings (SSSR count). The van der Waals surface area contributed by atoms with E-state index in [2.05, 4.69) is 10.6 Å². The van der Waals surface area contributed by atoms with E-state index < -0.39 is 12.1 Å². The van der Waals surface area contributed by atoms with E-state index in [9.17, 15) is 18.0 Å². The van der Waals surface area contributed by atoms with Gasteiger partial charge in [-0.15, -0.1) is 0 Å². The fraction of sp³-hybridized carbons (Fsp3) is 0.435. The number of alkyl halides is 3. The van der Waals surface area contributed by atoms with Crippen LogP contribution in [-0.2, 0) is 11.3 Å². The molecular formula is C23H28F3N3O. The molecule has 2 N–H and O–H groups in total. The summed E-state index contributed by atoms with van der Waals surface area (Å²) >= 11 is 0. The van der Waals surface area contributed by atoms with E-state index in [0.717, 1.165) is 29.0 Å². The number of amides is 1. The van der Waals surface area contributed by atoms with Gasteiger partial charge in [-0.1, -0.05) is 19.1 Å². The van der Waals surface area contributed by atoms with Gasteiger partial charge >= 0.3 is 6.18 Å². The van der Waals surface area contributed by atoms with Crippen molar-refractivity contribution in [1.82, 2.24) is 5.32 Å². The average Bonchev–Trinajstić information content (AvgIpc) is 2.73. The Balaban J connectivity index is 1.50. The van der Waals surface area contributed by atoms with E-state index in [1.807, 2.05) is 60.4 Å². The molecule has 0 spiro atoms. The zero-order chi connectivity index (χ0) is 21.6. The SMILES string of the molecule is CCCC(=O)NCc1ccc(Nc2ccc(N3CCC(C(F)(F)F)CC3)cc2)cc1. The number of nitrogens with one attached hydrogen (secondary N) is 2. The predicted molar refractivity (Wildman–Crippen MR) is 114 cm³/mol. The second-order valence-electron chi connectivity index (χ2n) is 7.70. The lowest BCUT2D eigenvalue weighted by molar-refractivity contribution is -0.179. The highest BCUT2D eigenvalue weighted by Crippen LogP contribution is 2.35. The van der Waals surface area contributed by atoms with Gasteiger partial charge in [0.1, 0.15) is 0 Å². The normalized spacial score (nSPS) is 15.1. The first-order valence-electron chi connectivity index (χ1n) is 10.4. The molecule has 30 heavy (non-hydrogen) atoms. The van der Waals surface area contributed by atoms with Gasteiger partial charge in [-0.3, -0.25) is 4.79 Å². The third kappa shape index (κ3) is 6.15. The second kappa shape index (κ2) is 9.87. The van der Waals surface area contributed by atoms with Crippen molar-refractivity contribution in [3.63, 3.8) is 0 Å². The summed E-state index contributed by atoms with van der Waals surface area (Å²) in [4.78, 5) is 13.6. The molecule has 0 aliphatic carbocycles. The van der Waals surface area contributed by atoms with Crippen molar-refractivity contribution in [2.45, 2.75) is 45.3 Å². The number of carbonyl (C=O) groups is 1. The largest absolute Gasteiger partial charge is 0.391 e. The number of nitrogens with zero attached hydrogens (tertiary/aromatic N) is 1. The van der Waals surface area contributed by atoms with Gasteiger partial charge in [0.25, 0.3) is 0 Å². The molecule has 1 heterocycles. The Morgan fingerprint density at radius 1 is 1.00 bits per heavy atom. The van der Waals surface area contributed by atoms with Crippen LogP contribution in [0.15, 0.2) is 48.5 Å². The van der Waals surface area contributed by atoms with Gasteiger partial charge in [-0.05, 0) is 61.2 Å². The Morgan fingerprint density at radius 3 is 2.10 bits per heavy atom. The summed E-state index contributed by atoms with van der Waals surface area (Å²) in [6, 6.07) is 15.6. The van der Waals surface area contributed by atoms with Crippen molar-refractivity contribution in [3.8, 4) is 0 Å². The highest BCUT2D eigenvalue weighted by molar-refractivity contribution is 5.75. The molecule has 0 unspecified atom stereocenters. The van der Waals surface area contributed by atoms with E-state index in [1.165, 1.54) is 0 Å². The van der Waals surface area contributed by atoms with E-state index in [0.29, 0.717) is 26.1 Å². The van der Waals surface area contributed by atoms with Gasteiger partial charge in [0.2, 0.25) is 5.91 Å². The van der Waals surface area contributed by atoms with Crippen LogP contribution in [0, 0.1) is 5.92 Å². The first kappa shape index (κ1) is 22.0. The highest BCUT2D eigenvalue weighted by atomic mass is 19.4.